The molecule has 4 fully saturated rings. The fourth-order valence-corrected chi connectivity index (χ4v) is 13.8. The first-order valence-corrected chi connectivity index (χ1v) is 28.2. The average Bonchev–Trinajstić information content (AvgIpc) is 3.86. The van der Waals surface area contributed by atoms with Crippen molar-refractivity contribution < 1.29 is 18.9 Å². The molecule has 1 heterocycles. The molecule has 5 rings (SSSR count). The van der Waals surface area contributed by atoms with Crippen LogP contribution >= 0.6 is 0 Å². The van der Waals surface area contributed by atoms with Gasteiger partial charge in [0.25, 0.3) is 0 Å². The minimum atomic E-state index is 0.117. The van der Waals surface area contributed by atoms with E-state index in [1.54, 1.807) is 5.57 Å². The van der Waals surface area contributed by atoms with Crippen molar-refractivity contribution >= 4 is 0 Å². The molecule has 1 aliphatic heterocycles. The molecule has 0 aromatic carbocycles. The summed E-state index contributed by atoms with van der Waals surface area (Å²) in [5.74, 6) is 5.41. The predicted octanol–water partition coefficient (Wildman–Crippen LogP) is 15.7. The summed E-state index contributed by atoms with van der Waals surface area (Å²) < 4.78 is 25.4. The third-order valence-corrected chi connectivity index (χ3v) is 17.6. The molecule has 3 saturated carbocycles. The number of hydrogen-bond donors (Lipinski definition) is 0. The van der Waals surface area contributed by atoms with Crippen LogP contribution in [0.1, 0.15) is 228 Å². The molecule has 7 unspecified atom stereocenters. The SMILES string of the molecule is CCCCCCCC/C=C\CCCCCCCCOCC(CN1CCC(CCC)C1)OCCOCCOC1CCC2(C)C(=CC[C@@H]3C2CC[C@]2(C)C(CCCCC(C)C)CCC32)C1. The number of rotatable bonds is 35. The molecule has 0 amide bonds. The molecule has 5 nitrogen and oxygen atoms in total. The van der Waals surface area contributed by atoms with E-state index in [0.717, 1.165) is 61.5 Å². The number of likely N-dealkylation sites (tertiary alicyclic amines) is 1. The lowest BCUT2D eigenvalue weighted by Gasteiger charge is -2.58. The van der Waals surface area contributed by atoms with Gasteiger partial charge >= 0.3 is 0 Å². The van der Waals surface area contributed by atoms with Gasteiger partial charge < -0.3 is 23.8 Å². The van der Waals surface area contributed by atoms with Crippen molar-refractivity contribution in [2.24, 2.45) is 46.3 Å². The highest BCUT2D eigenvalue weighted by Crippen LogP contribution is 2.67. The van der Waals surface area contributed by atoms with Gasteiger partial charge in [-0.3, -0.25) is 0 Å². The maximum absolute atomic E-state index is 6.53. The highest BCUT2D eigenvalue weighted by atomic mass is 16.6. The summed E-state index contributed by atoms with van der Waals surface area (Å²) in [5, 5.41) is 0. The molecule has 0 aromatic heterocycles. The molecule has 0 spiro atoms. The Morgan fingerprint density at radius 2 is 1.44 bits per heavy atom. The Morgan fingerprint density at radius 1 is 0.698 bits per heavy atom. The van der Waals surface area contributed by atoms with Crippen molar-refractivity contribution in [3.63, 3.8) is 0 Å². The molecule has 4 aliphatic carbocycles. The zero-order chi connectivity index (χ0) is 44.6. The summed E-state index contributed by atoms with van der Waals surface area (Å²) in [6.45, 7) is 22.3. The maximum Gasteiger partial charge on any atom is 0.0936 e. The summed E-state index contributed by atoms with van der Waals surface area (Å²) in [7, 11) is 0. The number of nitrogens with zero attached hydrogens (tertiary/aromatic N) is 1. The van der Waals surface area contributed by atoms with E-state index >= 15 is 0 Å². The summed E-state index contributed by atoms with van der Waals surface area (Å²) in [5.41, 5.74) is 2.72. The van der Waals surface area contributed by atoms with Crippen LogP contribution in [0.15, 0.2) is 23.8 Å². The van der Waals surface area contributed by atoms with E-state index in [0.29, 0.717) is 50.0 Å². The Balaban J connectivity index is 0.915. The number of allylic oxidation sites excluding steroid dienone is 3. The minimum Gasteiger partial charge on any atom is -0.379 e. The lowest BCUT2D eigenvalue weighted by molar-refractivity contribution is -0.0707. The van der Waals surface area contributed by atoms with E-state index < -0.39 is 0 Å². The van der Waals surface area contributed by atoms with Gasteiger partial charge in [0.05, 0.1) is 45.2 Å². The van der Waals surface area contributed by atoms with Gasteiger partial charge in [0.2, 0.25) is 0 Å². The van der Waals surface area contributed by atoms with Gasteiger partial charge in [-0.1, -0.05) is 149 Å². The van der Waals surface area contributed by atoms with E-state index in [1.165, 1.54) is 186 Å². The van der Waals surface area contributed by atoms with Gasteiger partial charge in [0, 0.05) is 19.7 Å². The van der Waals surface area contributed by atoms with Crippen molar-refractivity contribution in [1.29, 1.82) is 0 Å². The van der Waals surface area contributed by atoms with Crippen LogP contribution in [-0.2, 0) is 18.9 Å². The zero-order valence-electron chi connectivity index (χ0n) is 42.8. The summed E-state index contributed by atoms with van der Waals surface area (Å²) >= 11 is 0. The first-order chi connectivity index (χ1) is 30.8. The van der Waals surface area contributed by atoms with Gasteiger partial charge in [0.1, 0.15) is 0 Å². The zero-order valence-corrected chi connectivity index (χ0v) is 42.8. The van der Waals surface area contributed by atoms with Crippen LogP contribution in [0.5, 0.6) is 0 Å². The van der Waals surface area contributed by atoms with E-state index in [1.807, 2.05) is 0 Å². The highest BCUT2D eigenvalue weighted by Gasteiger charge is 2.58. The molecule has 0 bridgehead atoms. The van der Waals surface area contributed by atoms with Crippen molar-refractivity contribution in [1.82, 2.24) is 4.90 Å². The highest BCUT2D eigenvalue weighted by molar-refractivity contribution is 5.25. The topological polar surface area (TPSA) is 40.2 Å². The molecule has 0 aromatic rings. The van der Waals surface area contributed by atoms with E-state index in [9.17, 15) is 0 Å². The first-order valence-electron chi connectivity index (χ1n) is 28.2. The normalized spacial score (nSPS) is 30.2. The lowest BCUT2D eigenvalue weighted by atomic mass is 9.47. The van der Waals surface area contributed by atoms with Gasteiger partial charge in [-0.2, -0.15) is 0 Å². The molecule has 0 radical (unpaired) electrons. The Bertz CT molecular complexity index is 1250. The van der Waals surface area contributed by atoms with Crippen LogP contribution in [0.4, 0.5) is 0 Å². The van der Waals surface area contributed by atoms with Crippen LogP contribution in [0.3, 0.4) is 0 Å². The van der Waals surface area contributed by atoms with Crippen molar-refractivity contribution in [2.45, 2.75) is 240 Å². The molecule has 366 valence electrons. The molecule has 0 N–H and O–H groups in total. The number of fused-ring (bicyclic) bond motifs is 5. The van der Waals surface area contributed by atoms with Crippen LogP contribution in [0, 0.1) is 46.3 Å². The monoisotopic (exact) mass is 880 g/mol. The lowest BCUT2D eigenvalue weighted by Crippen LogP contribution is -2.50. The van der Waals surface area contributed by atoms with Crippen LogP contribution in [-0.4, -0.2) is 76.4 Å². The second-order valence-corrected chi connectivity index (χ2v) is 22.8. The quantitative estimate of drug-likeness (QED) is 0.0469. The Kier molecular flexibility index (Phi) is 25.3. The maximum atomic E-state index is 6.53. The van der Waals surface area contributed by atoms with Gasteiger partial charge in [-0.25, -0.2) is 0 Å². The fourth-order valence-electron chi connectivity index (χ4n) is 13.8. The Hall–Kier alpha value is -0.720. The van der Waals surface area contributed by atoms with E-state index in [4.69, 9.17) is 18.9 Å². The van der Waals surface area contributed by atoms with Crippen LogP contribution in [0.2, 0.25) is 0 Å². The molecular formula is C58H105NO4. The number of unbranched alkanes of at least 4 members (excludes halogenated alkanes) is 13. The Labute approximate surface area is 391 Å². The third-order valence-electron chi connectivity index (χ3n) is 17.6. The summed E-state index contributed by atoms with van der Waals surface area (Å²) in [6.07, 6.45) is 47.4. The second-order valence-electron chi connectivity index (χ2n) is 22.8. The average molecular weight is 880 g/mol. The first kappa shape index (κ1) is 53.2. The minimum absolute atomic E-state index is 0.117. The fraction of sp³-hybridized carbons (Fsp3) is 0.931. The van der Waals surface area contributed by atoms with Crippen LogP contribution in [0.25, 0.3) is 0 Å². The van der Waals surface area contributed by atoms with E-state index in [-0.39, 0.29) is 6.10 Å². The van der Waals surface area contributed by atoms with Crippen LogP contribution < -0.4 is 0 Å². The standard InChI is InChI=1S/C58H105NO4/c1-7-9-10-11-12-13-14-15-16-17-18-19-20-21-22-25-39-61-47-53(46-59-38-35-49(45-59)26-8-2)63-43-41-60-40-42-62-52-33-36-58(6)51(44-52)29-31-54-55-32-30-50(28-24-23-27-48(3)4)57(55,5)37-34-56(54)58/h15-16,29,48-50,52-56H,7-14,17-28,30-47H2,1-6H3/b16-15-/t49?,50?,52?,53?,54-,55?,56?,57+,58?/m0/s1. The predicted molar refractivity (Wildman–Crippen MR) is 269 cm³/mol. The largest absolute Gasteiger partial charge is 0.379 e. The smallest absolute Gasteiger partial charge is 0.0936 e. The van der Waals surface area contributed by atoms with Gasteiger partial charge in [0.15, 0.2) is 0 Å². The Morgan fingerprint density at radius 3 is 2.21 bits per heavy atom. The van der Waals surface area contributed by atoms with E-state index in [2.05, 4.69) is 64.7 Å². The molecular weight excluding hydrogens is 775 g/mol. The third kappa shape index (κ3) is 17.7. The molecule has 5 heteroatoms. The molecule has 9 atom stereocenters. The van der Waals surface area contributed by atoms with Crippen molar-refractivity contribution in [3.05, 3.63) is 23.8 Å². The molecule has 63 heavy (non-hydrogen) atoms. The number of hydrogen-bond acceptors (Lipinski definition) is 5. The van der Waals surface area contributed by atoms with Crippen molar-refractivity contribution in [3.8, 4) is 0 Å². The number of ether oxygens (including phenoxy) is 4. The summed E-state index contributed by atoms with van der Waals surface area (Å²) in [4.78, 5) is 2.62. The molecule has 5 aliphatic rings. The van der Waals surface area contributed by atoms with Gasteiger partial charge in [-0.05, 0) is 156 Å². The second kappa shape index (κ2) is 29.9. The van der Waals surface area contributed by atoms with Gasteiger partial charge in [-0.15, -0.1) is 0 Å². The summed E-state index contributed by atoms with van der Waals surface area (Å²) in [6, 6.07) is 0. The van der Waals surface area contributed by atoms with Crippen molar-refractivity contribution in [2.75, 3.05) is 59.3 Å². The molecule has 1 saturated heterocycles.